The molecular weight excluding hydrogens is 383 g/mol. The molecule has 0 atom stereocenters. The number of benzene rings is 3. The van der Waals surface area contributed by atoms with Crippen LogP contribution in [0.5, 0.6) is 0 Å². The zero-order chi connectivity index (χ0) is 15.5. The third-order valence-corrected chi connectivity index (χ3v) is 4.59. The maximum absolute atomic E-state index is 11.6. The first-order valence-electron chi connectivity index (χ1n) is 7.11. The van der Waals surface area contributed by atoms with Crippen LogP contribution in [-0.4, -0.2) is 5.78 Å². The summed E-state index contributed by atoms with van der Waals surface area (Å²) >= 11 is 2.32. The molecule has 0 saturated heterocycles. The SMILES string of the molecule is CC(=O)c1ccc(I)c(-c2cccc(-c3ccccc3)c2)c1. The molecular formula is C20H15IO. The minimum absolute atomic E-state index is 0.0943. The van der Waals surface area contributed by atoms with Gasteiger partial charge in [-0.3, -0.25) is 4.79 Å². The normalized spacial score (nSPS) is 10.5. The Morgan fingerprint density at radius 1 is 0.773 bits per heavy atom. The third kappa shape index (κ3) is 3.12. The van der Waals surface area contributed by atoms with Crippen molar-refractivity contribution in [1.29, 1.82) is 0 Å². The topological polar surface area (TPSA) is 17.1 Å². The molecule has 0 amide bonds. The first kappa shape index (κ1) is 15.0. The number of hydrogen-bond donors (Lipinski definition) is 0. The molecule has 0 aliphatic rings. The van der Waals surface area contributed by atoms with Gasteiger partial charge in [0.15, 0.2) is 5.78 Å². The number of carbonyl (C=O) groups excluding carboxylic acids is 1. The summed E-state index contributed by atoms with van der Waals surface area (Å²) in [6.07, 6.45) is 0. The quantitative estimate of drug-likeness (QED) is 0.401. The molecule has 0 radical (unpaired) electrons. The predicted molar refractivity (Wildman–Crippen MR) is 100 cm³/mol. The van der Waals surface area contributed by atoms with Crippen LogP contribution in [-0.2, 0) is 0 Å². The summed E-state index contributed by atoms with van der Waals surface area (Å²) in [7, 11) is 0. The second-order valence-electron chi connectivity index (χ2n) is 5.20. The van der Waals surface area contributed by atoms with Gasteiger partial charge in [0, 0.05) is 9.13 Å². The summed E-state index contributed by atoms with van der Waals surface area (Å²) in [5, 5.41) is 0. The third-order valence-electron chi connectivity index (χ3n) is 3.65. The van der Waals surface area contributed by atoms with Gasteiger partial charge in [0.1, 0.15) is 0 Å². The van der Waals surface area contributed by atoms with Crippen LogP contribution in [0.4, 0.5) is 0 Å². The average molecular weight is 398 g/mol. The minimum Gasteiger partial charge on any atom is -0.295 e. The smallest absolute Gasteiger partial charge is 0.159 e. The van der Waals surface area contributed by atoms with Crippen molar-refractivity contribution in [3.8, 4) is 22.3 Å². The maximum Gasteiger partial charge on any atom is 0.159 e. The lowest BCUT2D eigenvalue weighted by Gasteiger charge is -2.09. The molecule has 0 N–H and O–H groups in total. The molecule has 1 nitrogen and oxygen atoms in total. The molecule has 2 heteroatoms. The standard InChI is InChI=1S/C20H15IO/c1-14(22)16-10-11-20(21)19(13-16)18-9-5-8-17(12-18)15-6-3-2-4-7-15/h2-13H,1H3. The van der Waals surface area contributed by atoms with Crippen molar-refractivity contribution >= 4 is 28.4 Å². The van der Waals surface area contributed by atoms with Gasteiger partial charge >= 0.3 is 0 Å². The van der Waals surface area contributed by atoms with Crippen molar-refractivity contribution in [2.45, 2.75) is 6.92 Å². The molecule has 0 aromatic heterocycles. The highest BCUT2D eigenvalue weighted by Crippen LogP contribution is 2.30. The number of carbonyl (C=O) groups is 1. The summed E-state index contributed by atoms with van der Waals surface area (Å²) in [5.74, 6) is 0.0943. The minimum atomic E-state index is 0.0943. The predicted octanol–water partition coefficient (Wildman–Crippen LogP) is 5.83. The Bertz CT molecular complexity index is 822. The average Bonchev–Trinajstić information content (AvgIpc) is 2.56. The van der Waals surface area contributed by atoms with E-state index >= 15 is 0 Å². The fourth-order valence-electron chi connectivity index (χ4n) is 2.46. The van der Waals surface area contributed by atoms with Crippen LogP contribution in [0.3, 0.4) is 0 Å². The molecule has 22 heavy (non-hydrogen) atoms. The van der Waals surface area contributed by atoms with Gasteiger partial charge in [-0.15, -0.1) is 0 Å². The van der Waals surface area contributed by atoms with Crippen LogP contribution in [0.2, 0.25) is 0 Å². The van der Waals surface area contributed by atoms with Crippen LogP contribution in [0, 0.1) is 3.57 Å². The van der Waals surface area contributed by atoms with E-state index in [4.69, 9.17) is 0 Å². The first-order chi connectivity index (χ1) is 10.6. The Morgan fingerprint density at radius 3 is 2.18 bits per heavy atom. The molecule has 0 aliphatic carbocycles. The van der Waals surface area contributed by atoms with E-state index in [0.717, 1.165) is 20.3 Å². The van der Waals surface area contributed by atoms with Crippen molar-refractivity contribution in [2.75, 3.05) is 0 Å². The van der Waals surface area contributed by atoms with E-state index in [1.165, 1.54) is 11.1 Å². The number of halogens is 1. The number of ketones is 1. The van der Waals surface area contributed by atoms with Crippen molar-refractivity contribution in [3.05, 3.63) is 81.9 Å². The van der Waals surface area contributed by atoms with Crippen molar-refractivity contribution < 1.29 is 4.79 Å². The Morgan fingerprint density at radius 2 is 1.45 bits per heavy atom. The summed E-state index contributed by atoms with van der Waals surface area (Å²) in [4.78, 5) is 11.6. The van der Waals surface area contributed by atoms with Crippen LogP contribution in [0.15, 0.2) is 72.8 Å². The maximum atomic E-state index is 11.6. The number of hydrogen-bond acceptors (Lipinski definition) is 1. The van der Waals surface area contributed by atoms with Crippen LogP contribution in [0.25, 0.3) is 22.3 Å². The molecule has 0 spiro atoms. The molecule has 0 bridgehead atoms. The molecule has 0 heterocycles. The van der Waals surface area contributed by atoms with E-state index in [2.05, 4.69) is 59.0 Å². The molecule has 3 aromatic rings. The summed E-state index contributed by atoms with van der Waals surface area (Å²) in [6, 6.07) is 24.6. The van der Waals surface area contributed by atoms with Gasteiger partial charge in [-0.25, -0.2) is 0 Å². The lowest BCUT2D eigenvalue weighted by Crippen LogP contribution is -1.94. The van der Waals surface area contributed by atoms with Crippen molar-refractivity contribution in [1.82, 2.24) is 0 Å². The molecule has 0 unspecified atom stereocenters. The van der Waals surface area contributed by atoms with E-state index in [0.29, 0.717) is 0 Å². The lowest BCUT2D eigenvalue weighted by atomic mass is 9.97. The Kier molecular flexibility index (Phi) is 4.39. The van der Waals surface area contributed by atoms with Gasteiger partial charge < -0.3 is 0 Å². The van der Waals surface area contributed by atoms with E-state index in [-0.39, 0.29) is 5.78 Å². The Hall–Kier alpha value is -1.94. The highest BCUT2D eigenvalue weighted by atomic mass is 127. The summed E-state index contributed by atoms with van der Waals surface area (Å²) in [6.45, 7) is 1.60. The number of rotatable bonds is 3. The summed E-state index contributed by atoms with van der Waals surface area (Å²) in [5.41, 5.74) is 5.37. The van der Waals surface area contributed by atoms with E-state index in [1.54, 1.807) is 6.92 Å². The molecule has 0 fully saturated rings. The lowest BCUT2D eigenvalue weighted by molar-refractivity contribution is 0.101. The van der Waals surface area contributed by atoms with Gasteiger partial charge in [0.25, 0.3) is 0 Å². The molecule has 3 aromatic carbocycles. The first-order valence-corrected chi connectivity index (χ1v) is 8.19. The fourth-order valence-corrected chi connectivity index (χ4v) is 3.11. The van der Waals surface area contributed by atoms with Crippen molar-refractivity contribution in [3.63, 3.8) is 0 Å². The van der Waals surface area contributed by atoms with Gasteiger partial charge in [-0.1, -0.05) is 54.6 Å². The largest absolute Gasteiger partial charge is 0.295 e. The molecule has 108 valence electrons. The number of Topliss-reactive ketones (excluding diaryl/α,β-unsaturated/α-hetero) is 1. The molecule has 0 saturated carbocycles. The van der Waals surface area contributed by atoms with Crippen LogP contribution >= 0.6 is 22.6 Å². The zero-order valence-electron chi connectivity index (χ0n) is 12.2. The second kappa shape index (κ2) is 6.44. The molecule has 0 aliphatic heterocycles. The second-order valence-corrected chi connectivity index (χ2v) is 6.36. The highest BCUT2D eigenvalue weighted by Gasteiger charge is 2.08. The fraction of sp³-hybridized carbons (Fsp3) is 0.0500. The molecule has 3 rings (SSSR count). The van der Waals surface area contributed by atoms with E-state index < -0.39 is 0 Å². The van der Waals surface area contributed by atoms with E-state index in [9.17, 15) is 4.79 Å². The van der Waals surface area contributed by atoms with E-state index in [1.807, 2.05) is 36.4 Å². The zero-order valence-corrected chi connectivity index (χ0v) is 14.4. The van der Waals surface area contributed by atoms with Gasteiger partial charge in [0.2, 0.25) is 0 Å². The van der Waals surface area contributed by atoms with Crippen LogP contribution < -0.4 is 0 Å². The van der Waals surface area contributed by atoms with Gasteiger partial charge in [-0.05, 0) is 70.0 Å². The van der Waals surface area contributed by atoms with Gasteiger partial charge in [-0.2, -0.15) is 0 Å². The van der Waals surface area contributed by atoms with Gasteiger partial charge in [0.05, 0.1) is 0 Å². The summed E-state index contributed by atoms with van der Waals surface area (Å²) < 4.78 is 1.15. The Balaban J connectivity index is 2.10. The highest BCUT2D eigenvalue weighted by molar-refractivity contribution is 14.1. The monoisotopic (exact) mass is 398 g/mol. The van der Waals surface area contributed by atoms with Crippen LogP contribution in [0.1, 0.15) is 17.3 Å². The van der Waals surface area contributed by atoms with Crippen molar-refractivity contribution in [2.24, 2.45) is 0 Å². The Labute approximate surface area is 144 Å².